The molecule has 1 aromatic carbocycles. The summed E-state index contributed by atoms with van der Waals surface area (Å²) < 4.78 is 36.0. The summed E-state index contributed by atoms with van der Waals surface area (Å²) in [5.74, 6) is -1.43. The van der Waals surface area contributed by atoms with E-state index in [4.69, 9.17) is 10.7 Å². The molecule has 0 fully saturated rings. The summed E-state index contributed by atoms with van der Waals surface area (Å²) >= 11 is 3.02. The zero-order valence-electron chi connectivity index (χ0n) is 9.58. The number of halogens is 3. The van der Waals surface area contributed by atoms with Crippen LogP contribution in [0.1, 0.15) is 17.3 Å². The van der Waals surface area contributed by atoms with Gasteiger partial charge in [-0.05, 0) is 35.0 Å². The highest BCUT2D eigenvalue weighted by atomic mass is 79.9. The van der Waals surface area contributed by atoms with Crippen molar-refractivity contribution in [2.45, 2.75) is 11.8 Å². The number of rotatable bonds is 3. The van der Waals surface area contributed by atoms with Gasteiger partial charge in [-0.1, -0.05) is 0 Å². The van der Waals surface area contributed by atoms with Crippen molar-refractivity contribution in [1.82, 2.24) is 4.90 Å². The van der Waals surface area contributed by atoms with E-state index in [0.29, 0.717) is 6.54 Å². The molecule has 0 heterocycles. The maximum atomic E-state index is 13.5. The second kappa shape index (κ2) is 5.54. The van der Waals surface area contributed by atoms with Gasteiger partial charge >= 0.3 is 0 Å². The molecule has 4 nitrogen and oxygen atoms in total. The van der Waals surface area contributed by atoms with Crippen molar-refractivity contribution in [2.24, 2.45) is 0 Å². The Balaban J connectivity index is 3.44. The number of benzene rings is 1. The van der Waals surface area contributed by atoms with Crippen LogP contribution in [0.3, 0.4) is 0 Å². The molecule has 0 bridgehead atoms. The fourth-order valence-corrected chi connectivity index (χ4v) is 2.62. The summed E-state index contributed by atoms with van der Waals surface area (Å²) in [7, 11) is 2.41. The van der Waals surface area contributed by atoms with Gasteiger partial charge in [0.15, 0.2) is 0 Å². The average molecular weight is 359 g/mol. The third kappa shape index (κ3) is 3.21. The van der Waals surface area contributed by atoms with Gasteiger partial charge in [-0.3, -0.25) is 4.79 Å². The monoisotopic (exact) mass is 357 g/mol. The summed E-state index contributed by atoms with van der Waals surface area (Å²) in [5, 5.41) is 0. The van der Waals surface area contributed by atoms with Gasteiger partial charge in [0.05, 0.1) is 5.56 Å². The van der Waals surface area contributed by atoms with E-state index in [9.17, 15) is 17.6 Å². The third-order valence-corrected chi connectivity index (χ3v) is 4.33. The number of carbonyl (C=O) groups is 1. The minimum Gasteiger partial charge on any atom is -0.342 e. The lowest BCUT2D eigenvalue weighted by Crippen LogP contribution is -2.26. The molecule has 18 heavy (non-hydrogen) atoms. The molecule has 0 aromatic heterocycles. The number of hydrogen-bond donors (Lipinski definition) is 0. The Hall–Kier alpha value is -0.660. The van der Waals surface area contributed by atoms with E-state index in [1.165, 1.54) is 4.90 Å². The summed E-state index contributed by atoms with van der Waals surface area (Å²) in [4.78, 5) is 12.6. The lowest BCUT2D eigenvalue weighted by Gasteiger charge is -2.16. The molecule has 8 heteroatoms. The minimum atomic E-state index is -4.23. The van der Waals surface area contributed by atoms with E-state index in [0.717, 1.165) is 12.1 Å². The van der Waals surface area contributed by atoms with Crippen LogP contribution in [0.4, 0.5) is 4.39 Å². The van der Waals surface area contributed by atoms with Crippen molar-refractivity contribution in [2.75, 3.05) is 13.6 Å². The first-order chi connectivity index (χ1) is 8.18. The predicted molar refractivity (Wildman–Crippen MR) is 69.8 cm³/mol. The molecule has 100 valence electrons. The number of hydrogen-bond acceptors (Lipinski definition) is 3. The van der Waals surface area contributed by atoms with E-state index in [1.807, 2.05) is 0 Å². The van der Waals surface area contributed by atoms with Gasteiger partial charge in [0.2, 0.25) is 0 Å². The van der Waals surface area contributed by atoms with Crippen LogP contribution in [-0.4, -0.2) is 32.8 Å². The number of carbonyl (C=O) groups excluding carboxylic acids is 1. The molecule has 0 unspecified atom stereocenters. The fraction of sp³-hybridized carbons (Fsp3) is 0.300. The lowest BCUT2D eigenvalue weighted by molar-refractivity contribution is 0.0801. The van der Waals surface area contributed by atoms with E-state index in [2.05, 4.69) is 15.9 Å². The van der Waals surface area contributed by atoms with Gasteiger partial charge in [-0.25, -0.2) is 12.8 Å². The molecule has 0 atom stereocenters. The SMILES string of the molecule is CCN(C)C(=O)c1cc(S(=O)(=O)Cl)c(F)cc1Br. The zero-order valence-corrected chi connectivity index (χ0v) is 12.7. The Morgan fingerprint density at radius 3 is 2.50 bits per heavy atom. The van der Waals surface area contributed by atoms with Crippen LogP contribution >= 0.6 is 26.6 Å². The van der Waals surface area contributed by atoms with Gasteiger partial charge in [0, 0.05) is 28.7 Å². The van der Waals surface area contributed by atoms with Gasteiger partial charge in [-0.15, -0.1) is 0 Å². The third-order valence-electron chi connectivity index (χ3n) is 2.34. The van der Waals surface area contributed by atoms with Gasteiger partial charge in [0.1, 0.15) is 10.7 Å². The van der Waals surface area contributed by atoms with Gasteiger partial charge < -0.3 is 4.90 Å². The first kappa shape index (κ1) is 15.4. The molecule has 0 spiro atoms. The molecule has 1 rings (SSSR count). The van der Waals surface area contributed by atoms with Crippen LogP contribution in [0.5, 0.6) is 0 Å². The average Bonchev–Trinajstić information content (AvgIpc) is 2.25. The summed E-state index contributed by atoms with van der Waals surface area (Å²) in [5.41, 5.74) is 0.0416. The van der Waals surface area contributed by atoms with Crippen molar-refractivity contribution >= 4 is 41.6 Å². The lowest BCUT2D eigenvalue weighted by atomic mass is 10.2. The van der Waals surface area contributed by atoms with Crippen molar-refractivity contribution in [3.63, 3.8) is 0 Å². The second-order valence-corrected chi connectivity index (χ2v) is 6.91. The Kier molecular flexibility index (Phi) is 4.74. The smallest absolute Gasteiger partial charge is 0.264 e. The largest absolute Gasteiger partial charge is 0.342 e. The zero-order chi connectivity index (χ0) is 14.1. The Bertz CT molecular complexity index is 591. The van der Waals surface area contributed by atoms with E-state index < -0.39 is 25.7 Å². The maximum absolute atomic E-state index is 13.5. The summed E-state index contributed by atoms with van der Waals surface area (Å²) in [6.07, 6.45) is 0. The Labute approximate surface area is 117 Å². The molecule has 0 aliphatic heterocycles. The van der Waals surface area contributed by atoms with Crippen molar-refractivity contribution in [3.05, 3.63) is 28.0 Å². The van der Waals surface area contributed by atoms with Crippen LogP contribution in [0.2, 0.25) is 0 Å². The Morgan fingerprint density at radius 2 is 2.06 bits per heavy atom. The van der Waals surface area contributed by atoms with Crippen molar-refractivity contribution < 1.29 is 17.6 Å². The van der Waals surface area contributed by atoms with Crippen LogP contribution in [-0.2, 0) is 9.05 Å². The normalized spacial score (nSPS) is 11.4. The first-order valence-corrected chi connectivity index (χ1v) is 7.98. The first-order valence-electron chi connectivity index (χ1n) is 4.87. The standard InChI is InChI=1S/C10H10BrClFNO3S/c1-3-14(2)10(15)6-4-9(18(12,16)17)8(13)5-7(6)11/h4-5H,3H2,1-2H3. The molecular weight excluding hydrogens is 349 g/mol. The fourth-order valence-electron chi connectivity index (χ4n) is 1.23. The topological polar surface area (TPSA) is 54.5 Å². The van der Waals surface area contributed by atoms with Gasteiger partial charge in [0.25, 0.3) is 15.0 Å². The number of nitrogens with zero attached hydrogens (tertiary/aromatic N) is 1. The van der Waals surface area contributed by atoms with Crippen molar-refractivity contribution in [1.29, 1.82) is 0 Å². The quantitative estimate of drug-likeness (QED) is 0.781. The highest BCUT2D eigenvalue weighted by molar-refractivity contribution is 9.10. The van der Waals surface area contributed by atoms with E-state index in [-0.39, 0.29) is 10.0 Å². The maximum Gasteiger partial charge on any atom is 0.264 e. The molecular formula is C10H10BrClFNO3S. The molecule has 0 saturated carbocycles. The van der Waals surface area contributed by atoms with Crippen LogP contribution < -0.4 is 0 Å². The van der Waals surface area contributed by atoms with E-state index in [1.54, 1.807) is 14.0 Å². The van der Waals surface area contributed by atoms with E-state index >= 15 is 0 Å². The molecule has 0 N–H and O–H groups in total. The molecule has 1 aromatic rings. The van der Waals surface area contributed by atoms with Crippen LogP contribution in [0.15, 0.2) is 21.5 Å². The minimum absolute atomic E-state index is 0.0416. The highest BCUT2D eigenvalue weighted by Crippen LogP contribution is 2.27. The van der Waals surface area contributed by atoms with Gasteiger partial charge in [-0.2, -0.15) is 0 Å². The molecule has 0 saturated heterocycles. The molecule has 0 radical (unpaired) electrons. The van der Waals surface area contributed by atoms with Crippen molar-refractivity contribution in [3.8, 4) is 0 Å². The number of amides is 1. The van der Waals surface area contributed by atoms with Crippen LogP contribution in [0, 0.1) is 5.82 Å². The molecule has 1 amide bonds. The molecule has 0 aliphatic carbocycles. The van der Waals surface area contributed by atoms with Crippen LogP contribution in [0.25, 0.3) is 0 Å². The Morgan fingerprint density at radius 1 is 1.50 bits per heavy atom. The summed E-state index contributed by atoms with van der Waals surface area (Å²) in [6.45, 7) is 2.19. The highest BCUT2D eigenvalue weighted by Gasteiger charge is 2.22. The second-order valence-electron chi connectivity index (χ2n) is 3.52. The molecule has 0 aliphatic rings. The predicted octanol–water partition coefficient (Wildman–Crippen LogP) is 2.61. The summed E-state index contributed by atoms with van der Waals surface area (Å²) in [6, 6.07) is 1.84.